The van der Waals surface area contributed by atoms with E-state index in [0.29, 0.717) is 23.5 Å². The largest absolute Gasteiger partial charge is 0.493 e. The van der Waals surface area contributed by atoms with Crippen LogP contribution in [-0.2, 0) is 14.6 Å². The summed E-state index contributed by atoms with van der Waals surface area (Å²) < 4.78 is 33.9. The summed E-state index contributed by atoms with van der Waals surface area (Å²) in [6.45, 7) is 0. The molecule has 1 saturated heterocycles. The minimum absolute atomic E-state index is 0.0346. The zero-order chi connectivity index (χ0) is 15.5. The topological polar surface area (TPSA) is 89.9 Å². The Morgan fingerprint density at radius 3 is 2.76 bits per heavy atom. The van der Waals surface area contributed by atoms with Crippen LogP contribution in [0.25, 0.3) is 6.08 Å². The molecule has 0 aromatic heterocycles. The molecule has 6 nitrogen and oxygen atoms in total. The van der Waals surface area contributed by atoms with E-state index in [4.69, 9.17) is 14.6 Å². The lowest BCUT2D eigenvalue weighted by atomic mass is 10.1. The van der Waals surface area contributed by atoms with Crippen molar-refractivity contribution in [3.05, 3.63) is 29.8 Å². The van der Waals surface area contributed by atoms with E-state index in [0.717, 1.165) is 6.08 Å². The number of hydrogen-bond donors (Lipinski definition) is 1. The fraction of sp³-hybridized carbons (Fsp3) is 0.357. The van der Waals surface area contributed by atoms with Crippen molar-refractivity contribution in [3.8, 4) is 11.5 Å². The molecule has 0 amide bonds. The monoisotopic (exact) mass is 312 g/mol. The van der Waals surface area contributed by atoms with Gasteiger partial charge in [-0.25, -0.2) is 13.2 Å². The molecule has 0 bridgehead atoms. The van der Waals surface area contributed by atoms with Crippen molar-refractivity contribution in [2.45, 2.75) is 12.5 Å². The second kappa shape index (κ2) is 6.17. The van der Waals surface area contributed by atoms with E-state index in [9.17, 15) is 13.2 Å². The van der Waals surface area contributed by atoms with Crippen LogP contribution in [0.5, 0.6) is 11.5 Å². The van der Waals surface area contributed by atoms with Gasteiger partial charge >= 0.3 is 5.97 Å². The van der Waals surface area contributed by atoms with Gasteiger partial charge < -0.3 is 14.6 Å². The fourth-order valence-electron chi connectivity index (χ4n) is 2.13. The Morgan fingerprint density at radius 1 is 1.43 bits per heavy atom. The number of sulfone groups is 1. The van der Waals surface area contributed by atoms with Crippen molar-refractivity contribution in [1.82, 2.24) is 0 Å². The Labute approximate surface area is 122 Å². The summed E-state index contributed by atoms with van der Waals surface area (Å²) in [7, 11) is -1.58. The predicted molar refractivity (Wildman–Crippen MR) is 77.4 cm³/mol. The number of methoxy groups -OCH3 is 1. The van der Waals surface area contributed by atoms with Crippen LogP contribution in [0.2, 0.25) is 0 Å². The molecule has 1 unspecified atom stereocenters. The van der Waals surface area contributed by atoms with Crippen molar-refractivity contribution < 1.29 is 27.8 Å². The van der Waals surface area contributed by atoms with Crippen LogP contribution in [0.1, 0.15) is 12.0 Å². The number of rotatable bonds is 5. The van der Waals surface area contributed by atoms with Crippen LogP contribution in [0, 0.1) is 0 Å². The molecule has 0 saturated carbocycles. The first-order chi connectivity index (χ1) is 9.91. The van der Waals surface area contributed by atoms with Gasteiger partial charge in [0.1, 0.15) is 6.10 Å². The summed E-state index contributed by atoms with van der Waals surface area (Å²) in [5.74, 6) is -0.209. The van der Waals surface area contributed by atoms with Gasteiger partial charge in [-0.2, -0.15) is 0 Å². The van der Waals surface area contributed by atoms with Gasteiger partial charge in [-0.05, 0) is 18.6 Å². The van der Waals surface area contributed by atoms with Crippen LogP contribution in [0.3, 0.4) is 0 Å². The molecular formula is C14H16O6S. The average Bonchev–Trinajstić information content (AvgIpc) is 2.76. The highest BCUT2D eigenvalue weighted by atomic mass is 32.2. The molecule has 7 heteroatoms. The minimum atomic E-state index is -3.05. The Hall–Kier alpha value is -2.02. The number of carboxylic acids is 1. The van der Waals surface area contributed by atoms with Gasteiger partial charge in [-0.15, -0.1) is 0 Å². The number of aliphatic carboxylic acids is 1. The van der Waals surface area contributed by atoms with Gasteiger partial charge in [0.05, 0.1) is 18.6 Å². The first kappa shape index (κ1) is 15.4. The van der Waals surface area contributed by atoms with Gasteiger partial charge in [-0.1, -0.05) is 12.1 Å². The Morgan fingerprint density at radius 2 is 2.19 bits per heavy atom. The first-order valence-corrected chi connectivity index (χ1v) is 8.18. The zero-order valence-corrected chi connectivity index (χ0v) is 12.3. The van der Waals surface area contributed by atoms with Gasteiger partial charge in [0.2, 0.25) is 0 Å². The van der Waals surface area contributed by atoms with Crippen LogP contribution < -0.4 is 9.47 Å². The van der Waals surface area contributed by atoms with E-state index in [-0.39, 0.29) is 11.5 Å². The minimum Gasteiger partial charge on any atom is -0.493 e. The SMILES string of the molecule is COc1cccc(/C=C/C(=O)O)c1OC1CCS(=O)(=O)C1. The number of hydrogen-bond acceptors (Lipinski definition) is 5. The third-order valence-electron chi connectivity index (χ3n) is 3.11. The number of carboxylic acid groups (broad SMARTS) is 1. The van der Waals surface area contributed by atoms with E-state index in [2.05, 4.69) is 0 Å². The summed E-state index contributed by atoms with van der Waals surface area (Å²) in [5, 5.41) is 8.71. The van der Waals surface area contributed by atoms with E-state index >= 15 is 0 Å². The molecule has 1 atom stereocenters. The molecule has 0 radical (unpaired) electrons. The molecule has 0 aliphatic carbocycles. The molecule has 114 valence electrons. The van der Waals surface area contributed by atoms with Crippen LogP contribution >= 0.6 is 0 Å². The molecular weight excluding hydrogens is 296 g/mol. The summed E-state index contributed by atoms with van der Waals surface area (Å²) in [5.41, 5.74) is 0.529. The Balaban J connectivity index is 2.29. The van der Waals surface area contributed by atoms with Crippen molar-refractivity contribution >= 4 is 21.9 Å². The molecule has 21 heavy (non-hydrogen) atoms. The van der Waals surface area contributed by atoms with Crippen LogP contribution in [-0.4, -0.2) is 44.2 Å². The lowest BCUT2D eigenvalue weighted by Crippen LogP contribution is -2.18. The van der Waals surface area contributed by atoms with Crippen molar-refractivity contribution in [2.75, 3.05) is 18.6 Å². The second-order valence-electron chi connectivity index (χ2n) is 4.69. The van der Waals surface area contributed by atoms with Crippen LogP contribution in [0.4, 0.5) is 0 Å². The zero-order valence-electron chi connectivity index (χ0n) is 11.5. The maximum Gasteiger partial charge on any atom is 0.328 e. The molecule has 0 spiro atoms. The predicted octanol–water partition coefficient (Wildman–Crippen LogP) is 1.36. The number of benzene rings is 1. The maximum atomic E-state index is 11.5. The van der Waals surface area contributed by atoms with E-state index in [1.54, 1.807) is 18.2 Å². The Bertz CT molecular complexity index is 662. The molecule has 2 rings (SSSR count). The van der Waals surface area contributed by atoms with E-state index in [1.807, 2.05) is 0 Å². The number of para-hydroxylation sites is 1. The third kappa shape index (κ3) is 3.98. The first-order valence-electron chi connectivity index (χ1n) is 6.36. The highest BCUT2D eigenvalue weighted by molar-refractivity contribution is 7.91. The lowest BCUT2D eigenvalue weighted by molar-refractivity contribution is -0.131. The third-order valence-corrected chi connectivity index (χ3v) is 4.85. The second-order valence-corrected chi connectivity index (χ2v) is 6.92. The van der Waals surface area contributed by atoms with Crippen LogP contribution in [0.15, 0.2) is 24.3 Å². The lowest BCUT2D eigenvalue weighted by Gasteiger charge is -2.17. The summed E-state index contributed by atoms with van der Waals surface area (Å²) >= 11 is 0. The fourth-order valence-corrected chi connectivity index (χ4v) is 3.72. The van der Waals surface area contributed by atoms with E-state index < -0.39 is 21.9 Å². The van der Waals surface area contributed by atoms with E-state index in [1.165, 1.54) is 13.2 Å². The smallest absolute Gasteiger partial charge is 0.328 e. The maximum absolute atomic E-state index is 11.5. The van der Waals surface area contributed by atoms with Gasteiger partial charge in [0.15, 0.2) is 21.3 Å². The molecule has 1 aliphatic heterocycles. The molecule has 1 aromatic rings. The number of ether oxygens (including phenoxy) is 2. The molecule has 1 heterocycles. The van der Waals surface area contributed by atoms with Gasteiger partial charge in [0, 0.05) is 11.6 Å². The summed E-state index contributed by atoms with van der Waals surface area (Å²) in [6, 6.07) is 5.07. The summed E-state index contributed by atoms with van der Waals surface area (Å²) in [6.07, 6.45) is 2.36. The quantitative estimate of drug-likeness (QED) is 0.826. The molecule has 1 aromatic carbocycles. The molecule has 1 aliphatic rings. The normalized spacial score (nSPS) is 20.5. The molecule has 1 N–H and O–H groups in total. The van der Waals surface area contributed by atoms with Gasteiger partial charge in [0.25, 0.3) is 0 Å². The Kier molecular flexibility index (Phi) is 4.52. The van der Waals surface area contributed by atoms with Gasteiger partial charge in [-0.3, -0.25) is 0 Å². The standard InChI is InChI=1S/C14H16O6S/c1-19-12-4-2-3-10(5-6-13(15)16)14(12)20-11-7-8-21(17,18)9-11/h2-6,11H,7-9H2,1H3,(H,15,16)/b6-5+. The summed E-state index contributed by atoms with van der Waals surface area (Å²) in [4.78, 5) is 10.6. The highest BCUT2D eigenvalue weighted by Crippen LogP contribution is 2.34. The van der Waals surface area contributed by atoms with Crippen molar-refractivity contribution in [1.29, 1.82) is 0 Å². The van der Waals surface area contributed by atoms with Crippen molar-refractivity contribution in [3.63, 3.8) is 0 Å². The number of carbonyl (C=O) groups is 1. The average molecular weight is 312 g/mol. The highest BCUT2D eigenvalue weighted by Gasteiger charge is 2.30. The van der Waals surface area contributed by atoms with Crippen molar-refractivity contribution in [2.24, 2.45) is 0 Å². The molecule has 1 fully saturated rings.